The number of carbonyl (C=O) groups excluding carboxylic acids is 1. The maximum Gasteiger partial charge on any atom is 0.266 e. The van der Waals surface area contributed by atoms with E-state index in [0.717, 1.165) is 31.7 Å². The van der Waals surface area contributed by atoms with Crippen LogP contribution in [0, 0.1) is 5.92 Å². The number of amides is 1. The summed E-state index contributed by atoms with van der Waals surface area (Å²) in [6, 6.07) is 3.24. The largest absolute Gasteiger partial charge is 0.355 e. The zero-order valence-electron chi connectivity index (χ0n) is 14.7. The maximum atomic E-state index is 12.0. The first-order chi connectivity index (χ1) is 11.4. The van der Waals surface area contributed by atoms with Gasteiger partial charge in [0.25, 0.3) is 5.56 Å². The number of hydrogen-bond acceptors (Lipinski definition) is 5. The van der Waals surface area contributed by atoms with Crippen LogP contribution in [0.15, 0.2) is 16.9 Å². The van der Waals surface area contributed by atoms with Crippen LogP contribution in [0.5, 0.6) is 0 Å². The van der Waals surface area contributed by atoms with Gasteiger partial charge in [-0.1, -0.05) is 0 Å². The minimum Gasteiger partial charge on any atom is -0.355 e. The molecule has 1 aromatic rings. The van der Waals surface area contributed by atoms with Crippen molar-refractivity contribution in [3.05, 3.63) is 22.5 Å². The van der Waals surface area contributed by atoms with E-state index in [-0.39, 0.29) is 35.8 Å². The fraction of sp³-hybridized carbons (Fsp3) is 0.688. The van der Waals surface area contributed by atoms with Gasteiger partial charge in [0.2, 0.25) is 5.91 Å². The van der Waals surface area contributed by atoms with Crippen LogP contribution in [0.1, 0.15) is 19.8 Å². The summed E-state index contributed by atoms with van der Waals surface area (Å²) in [4.78, 5) is 27.3. The van der Waals surface area contributed by atoms with Gasteiger partial charge in [-0.05, 0) is 31.7 Å². The molecule has 1 amide bonds. The molecule has 9 heteroatoms. The normalized spacial score (nSPS) is 16.2. The highest BCUT2D eigenvalue weighted by atomic mass is 35.5. The lowest BCUT2D eigenvalue weighted by Crippen LogP contribution is -2.45. The monoisotopic (exact) mass is 391 g/mol. The molecular weight excluding hydrogens is 365 g/mol. The van der Waals surface area contributed by atoms with Crippen molar-refractivity contribution >= 4 is 35.7 Å². The molecule has 0 aliphatic carbocycles. The molecule has 7 nitrogen and oxygen atoms in total. The van der Waals surface area contributed by atoms with E-state index < -0.39 is 0 Å². The predicted octanol–water partition coefficient (Wildman–Crippen LogP) is 0.833. The first kappa shape index (κ1) is 21.7. The summed E-state index contributed by atoms with van der Waals surface area (Å²) in [6.45, 7) is 4.84. The maximum absolute atomic E-state index is 12.0. The number of rotatable bonds is 6. The number of halogens is 2. The fourth-order valence-corrected chi connectivity index (χ4v) is 3.19. The molecule has 1 fully saturated rings. The van der Waals surface area contributed by atoms with Crippen molar-refractivity contribution < 1.29 is 4.79 Å². The van der Waals surface area contributed by atoms with Crippen LogP contribution in [0.3, 0.4) is 0 Å². The molecule has 1 saturated heterocycles. The number of alkyl halides is 1. The lowest BCUT2D eigenvalue weighted by atomic mass is 9.96. The number of nitrogens with two attached hydrogens (primary N) is 1. The summed E-state index contributed by atoms with van der Waals surface area (Å²) in [5.41, 5.74) is 5.72. The molecule has 1 aromatic heterocycles. The van der Waals surface area contributed by atoms with Crippen molar-refractivity contribution in [3.63, 3.8) is 0 Å². The molecule has 1 atom stereocenters. The Morgan fingerprint density at radius 1 is 1.44 bits per heavy atom. The molecule has 2 rings (SSSR count). The number of carbonyl (C=O) groups is 1. The smallest absolute Gasteiger partial charge is 0.266 e. The van der Waals surface area contributed by atoms with Gasteiger partial charge in [-0.3, -0.25) is 9.59 Å². The quantitative estimate of drug-likeness (QED) is 0.726. The number of anilines is 1. The number of aromatic nitrogens is 2. The fourth-order valence-electron chi connectivity index (χ4n) is 3.03. The average Bonchev–Trinajstić information content (AvgIpc) is 2.56. The van der Waals surface area contributed by atoms with Gasteiger partial charge >= 0.3 is 0 Å². The third kappa shape index (κ3) is 6.17. The summed E-state index contributed by atoms with van der Waals surface area (Å²) in [5.74, 6) is 1.18. The first-order valence-electron chi connectivity index (χ1n) is 8.29. The highest BCUT2D eigenvalue weighted by molar-refractivity contribution is 6.27. The van der Waals surface area contributed by atoms with Crippen molar-refractivity contribution in [1.82, 2.24) is 14.7 Å². The lowest BCUT2D eigenvalue weighted by molar-refractivity contribution is -0.129. The Bertz CT molecular complexity index is 615. The molecule has 0 saturated carbocycles. The molecule has 0 aromatic carbocycles. The molecule has 142 valence electrons. The van der Waals surface area contributed by atoms with Crippen molar-refractivity contribution in [1.29, 1.82) is 0 Å². The van der Waals surface area contributed by atoms with Crippen LogP contribution < -0.4 is 16.2 Å². The van der Waals surface area contributed by atoms with Crippen molar-refractivity contribution in [2.75, 3.05) is 37.0 Å². The molecule has 0 bridgehead atoms. The third-order valence-electron chi connectivity index (χ3n) is 4.34. The van der Waals surface area contributed by atoms with E-state index in [1.165, 1.54) is 10.7 Å². The van der Waals surface area contributed by atoms with E-state index in [0.29, 0.717) is 19.0 Å². The highest BCUT2D eigenvalue weighted by Crippen LogP contribution is 2.22. The SMILES string of the molecule is C[C@H](N)CN(CC1CCN(c2ccc(=O)n(C)n2)CC1)C(=O)CCl.Cl. The van der Waals surface area contributed by atoms with Gasteiger partial charge in [-0.25, -0.2) is 4.68 Å². The number of aryl methyl sites for hydroxylation is 1. The Balaban J connectivity index is 0.00000312. The number of hydrogen-bond donors (Lipinski definition) is 1. The molecule has 1 aliphatic heterocycles. The standard InChI is InChI=1S/C16H26ClN5O2.ClH/c1-12(18)10-22(16(24)9-17)11-13-5-7-21(8-6-13)14-3-4-15(23)20(2)19-14;/h3-4,12-13H,5-11,18H2,1-2H3;1H/t12-;/m0./s1. The average molecular weight is 392 g/mol. The second-order valence-electron chi connectivity index (χ2n) is 6.49. The summed E-state index contributed by atoms with van der Waals surface area (Å²) in [6.07, 6.45) is 1.94. The van der Waals surface area contributed by atoms with E-state index in [2.05, 4.69) is 10.00 Å². The number of piperidine rings is 1. The van der Waals surface area contributed by atoms with Gasteiger partial charge in [-0.15, -0.1) is 24.0 Å². The second-order valence-corrected chi connectivity index (χ2v) is 6.76. The van der Waals surface area contributed by atoms with E-state index in [1.54, 1.807) is 18.0 Å². The highest BCUT2D eigenvalue weighted by Gasteiger charge is 2.24. The molecule has 0 unspecified atom stereocenters. The molecule has 0 spiro atoms. The van der Waals surface area contributed by atoms with E-state index in [4.69, 9.17) is 17.3 Å². The van der Waals surface area contributed by atoms with Crippen molar-refractivity contribution in [2.45, 2.75) is 25.8 Å². The summed E-state index contributed by atoms with van der Waals surface area (Å²) < 4.78 is 1.35. The Morgan fingerprint density at radius 3 is 2.60 bits per heavy atom. The summed E-state index contributed by atoms with van der Waals surface area (Å²) in [7, 11) is 1.65. The molecular formula is C16H27Cl2N5O2. The van der Waals surface area contributed by atoms with Gasteiger partial charge in [0.05, 0.1) is 0 Å². The number of nitrogens with zero attached hydrogens (tertiary/aromatic N) is 4. The van der Waals surface area contributed by atoms with E-state index >= 15 is 0 Å². The topological polar surface area (TPSA) is 84.5 Å². The molecule has 2 heterocycles. The van der Waals surface area contributed by atoms with Gasteiger partial charge in [0.15, 0.2) is 0 Å². The summed E-state index contributed by atoms with van der Waals surface area (Å²) >= 11 is 5.70. The minimum absolute atomic E-state index is 0. The zero-order valence-corrected chi connectivity index (χ0v) is 16.3. The third-order valence-corrected chi connectivity index (χ3v) is 4.57. The van der Waals surface area contributed by atoms with Crippen LogP contribution in [0.4, 0.5) is 5.82 Å². The van der Waals surface area contributed by atoms with Gasteiger partial charge in [0, 0.05) is 45.3 Å². The van der Waals surface area contributed by atoms with E-state index in [9.17, 15) is 9.59 Å². The van der Waals surface area contributed by atoms with E-state index in [1.807, 2.05) is 6.92 Å². The zero-order chi connectivity index (χ0) is 17.7. The van der Waals surface area contributed by atoms with Crippen LogP contribution in [-0.2, 0) is 11.8 Å². The lowest BCUT2D eigenvalue weighted by Gasteiger charge is -2.35. The Morgan fingerprint density at radius 2 is 2.08 bits per heavy atom. The Hall–Kier alpha value is -1.31. The molecule has 25 heavy (non-hydrogen) atoms. The van der Waals surface area contributed by atoms with Crippen LogP contribution in [-0.4, -0.2) is 58.7 Å². The first-order valence-corrected chi connectivity index (χ1v) is 8.82. The Labute approximate surface area is 159 Å². The molecule has 0 radical (unpaired) electrons. The Kier molecular flexibility index (Phi) is 8.68. The van der Waals surface area contributed by atoms with Crippen LogP contribution in [0.25, 0.3) is 0 Å². The van der Waals surface area contributed by atoms with Gasteiger partial charge in [-0.2, -0.15) is 5.10 Å². The van der Waals surface area contributed by atoms with Crippen molar-refractivity contribution in [3.8, 4) is 0 Å². The predicted molar refractivity (Wildman–Crippen MR) is 103 cm³/mol. The van der Waals surface area contributed by atoms with Crippen LogP contribution >= 0.6 is 24.0 Å². The summed E-state index contributed by atoms with van der Waals surface area (Å²) in [5, 5.41) is 4.29. The minimum atomic E-state index is -0.111. The second kappa shape index (κ2) is 9.99. The molecule has 1 aliphatic rings. The molecule has 2 N–H and O–H groups in total. The van der Waals surface area contributed by atoms with Gasteiger partial charge in [0.1, 0.15) is 11.7 Å². The van der Waals surface area contributed by atoms with Gasteiger partial charge < -0.3 is 15.5 Å². The van der Waals surface area contributed by atoms with Crippen molar-refractivity contribution in [2.24, 2.45) is 18.7 Å². The van der Waals surface area contributed by atoms with Crippen LogP contribution in [0.2, 0.25) is 0 Å².